The van der Waals surface area contributed by atoms with Crippen molar-refractivity contribution in [1.29, 1.82) is 0 Å². The van der Waals surface area contributed by atoms with E-state index in [0.717, 1.165) is 28.6 Å². The van der Waals surface area contributed by atoms with Gasteiger partial charge in [0.25, 0.3) is 0 Å². The van der Waals surface area contributed by atoms with E-state index in [0.29, 0.717) is 65.9 Å². The number of aromatic nitrogens is 4. The monoisotopic (exact) mass is 988 g/mol. The van der Waals surface area contributed by atoms with E-state index in [9.17, 15) is 4.39 Å². The maximum atomic E-state index is 17.3. The highest BCUT2D eigenvalue weighted by Crippen LogP contribution is 2.50. The maximum absolute atomic E-state index is 17.3. The molecule has 12 heteroatoms. The first-order valence-corrected chi connectivity index (χ1v) is 23.6. The number of para-hydroxylation sites is 5. The van der Waals surface area contributed by atoms with Crippen molar-refractivity contribution in [3.63, 3.8) is 0 Å². The van der Waals surface area contributed by atoms with Crippen molar-refractivity contribution < 1.29 is 35.1 Å². The zero-order valence-electron chi connectivity index (χ0n) is 38.9. The third-order valence-electron chi connectivity index (χ3n) is 14.2. The van der Waals surface area contributed by atoms with Crippen LogP contribution in [0.5, 0.6) is 0 Å². The van der Waals surface area contributed by atoms with Crippen molar-refractivity contribution in [2.45, 2.75) is 13.1 Å². The Bertz CT molecular complexity index is 4520. The van der Waals surface area contributed by atoms with Gasteiger partial charge >= 0.3 is 6.18 Å². The zero-order chi connectivity index (χ0) is 50.9. The summed E-state index contributed by atoms with van der Waals surface area (Å²) in [6.07, 6.45) is 0.130. The SMILES string of the molecule is C=Cc1c(/C=C\C)c2ccc3c4ccccc4n(-c4cc(-c5c(F)c(F)c(F)c(F)c5F)cc(-n5c6ccccc6c6ccc7c8ccccc8n(-c8ccccc8)c7c65)c4C(F)(F)F)c3c2n1-c1ccccc1. The van der Waals surface area contributed by atoms with E-state index in [-0.39, 0.29) is 16.6 Å². The van der Waals surface area contributed by atoms with Crippen LogP contribution in [0.3, 0.4) is 0 Å². The van der Waals surface area contributed by atoms with Gasteiger partial charge in [0.1, 0.15) is 5.56 Å². The van der Waals surface area contributed by atoms with Crippen LogP contribution in [0.25, 0.3) is 122 Å². The number of rotatable bonds is 7. The lowest BCUT2D eigenvalue weighted by atomic mass is 9.97. The number of benzene rings is 9. The average Bonchev–Trinajstić information content (AvgIpc) is 4.17. The summed E-state index contributed by atoms with van der Waals surface area (Å²) >= 11 is 0. The van der Waals surface area contributed by atoms with E-state index in [1.807, 2.05) is 137 Å². The summed E-state index contributed by atoms with van der Waals surface area (Å²) in [4.78, 5) is 0. The number of alkyl halides is 3. The fourth-order valence-electron chi connectivity index (χ4n) is 11.4. The highest BCUT2D eigenvalue weighted by atomic mass is 19.4. The average molecular weight is 989 g/mol. The van der Waals surface area contributed by atoms with Crippen LogP contribution in [0.2, 0.25) is 0 Å². The fourth-order valence-corrected chi connectivity index (χ4v) is 11.4. The topological polar surface area (TPSA) is 19.7 Å². The molecule has 0 unspecified atom stereocenters. The van der Waals surface area contributed by atoms with Gasteiger partial charge in [-0.15, -0.1) is 0 Å². The van der Waals surface area contributed by atoms with Gasteiger partial charge in [0, 0.05) is 54.6 Å². The molecule has 0 bridgehead atoms. The van der Waals surface area contributed by atoms with Gasteiger partial charge in [-0.25, -0.2) is 22.0 Å². The zero-order valence-corrected chi connectivity index (χ0v) is 38.9. The molecular weight excluding hydrogens is 953 g/mol. The van der Waals surface area contributed by atoms with Gasteiger partial charge in [0.15, 0.2) is 23.3 Å². The van der Waals surface area contributed by atoms with Crippen molar-refractivity contribution >= 4 is 88.5 Å². The maximum Gasteiger partial charge on any atom is 0.420 e. The van der Waals surface area contributed by atoms with E-state index in [1.54, 1.807) is 54.6 Å². The van der Waals surface area contributed by atoms with E-state index in [2.05, 4.69) is 6.58 Å². The Balaban J connectivity index is 1.31. The molecule has 0 aliphatic carbocycles. The standard InChI is InChI=1S/C62H36F8N4/c1-3-17-37-41-28-30-43-39-23-12-15-26-47(39)73(60(43)58(41)71(45(37)4-2)35-18-7-5-8-19-35)49-32-34(51-53(63)55(65)57(67)56(66)54(51)64)33-50(52(49)62(68,69)70)74-48-27-16-13-24-40(48)44-31-29-42-38-22-11-14-25-46(38)72(59(42)61(44)74)36-20-9-6-10-21-36/h3-33H,2H2,1H3/b17-3-. The minimum absolute atomic E-state index is 0.267. The van der Waals surface area contributed by atoms with Gasteiger partial charge in [0.2, 0.25) is 5.82 Å². The second-order valence-electron chi connectivity index (χ2n) is 18.1. The number of halogens is 8. The summed E-state index contributed by atoms with van der Waals surface area (Å²) in [5, 5.41) is 4.25. The van der Waals surface area contributed by atoms with Crippen molar-refractivity contribution in [3.8, 4) is 33.9 Å². The second-order valence-corrected chi connectivity index (χ2v) is 18.1. The Labute approximate surface area is 415 Å². The molecule has 13 rings (SSSR count). The summed E-state index contributed by atoms with van der Waals surface area (Å²) < 4.78 is 138. The van der Waals surface area contributed by atoms with Gasteiger partial charge in [-0.1, -0.05) is 134 Å². The molecule has 4 nitrogen and oxygen atoms in total. The van der Waals surface area contributed by atoms with Crippen LogP contribution in [0.4, 0.5) is 35.1 Å². The van der Waals surface area contributed by atoms with E-state index >= 15 is 30.7 Å². The van der Waals surface area contributed by atoms with Crippen molar-refractivity contribution in [2.24, 2.45) is 0 Å². The number of fused-ring (bicyclic) bond motifs is 12. The molecule has 0 fully saturated rings. The fraction of sp³-hybridized carbons (Fsp3) is 0.0323. The largest absolute Gasteiger partial charge is 0.420 e. The summed E-state index contributed by atoms with van der Waals surface area (Å²) in [6, 6.07) is 49.1. The molecular formula is C62H36F8N4. The molecule has 0 amide bonds. The van der Waals surface area contributed by atoms with Gasteiger partial charge in [-0.2, -0.15) is 13.2 Å². The number of hydrogen-bond acceptors (Lipinski definition) is 0. The van der Waals surface area contributed by atoms with Crippen molar-refractivity contribution in [2.75, 3.05) is 0 Å². The third kappa shape index (κ3) is 6.20. The summed E-state index contributed by atoms with van der Waals surface area (Å²) in [5.41, 5.74) is 0.921. The first-order valence-electron chi connectivity index (χ1n) is 23.6. The van der Waals surface area contributed by atoms with Crippen LogP contribution in [-0.4, -0.2) is 18.3 Å². The van der Waals surface area contributed by atoms with Crippen LogP contribution in [0, 0.1) is 29.1 Å². The van der Waals surface area contributed by atoms with Crippen molar-refractivity contribution in [3.05, 3.63) is 228 Å². The Morgan fingerprint density at radius 2 is 0.797 bits per heavy atom. The molecule has 0 saturated heterocycles. The molecule has 9 aromatic carbocycles. The van der Waals surface area contributed by atoms with Crippen LogP contribution in [0.1, 0.15) is 23.7 Å². The molecule has 0 saturated carbocycles. The predicted molar refractivity (Wildman–Crippen MR) is 281 cm³/mol. The smallest absolute Gasteiger partial charge is 0.307 e. The molecule has 0 radical (unpaired) electrons. The molecule has 4 heterocycles. The summed E-state index contributed by atoms with van der Waals surface area (Å²) in [7, 11) is 0. The Kier molecular flexibility index (Phi) is 9.94. The molecule has 74 heavy (non-hydrogen) atoms. The van der Waals surface area contributed by atoms with Crippen molar-refractivity contribution in [1.82, 2.24) is 18.3 Å². The lowest BCUT2D eigenvalue weighted by Crippen LogP contribution is -2.17. The van der Waals surface area contributed by atoms with E-state index < -0.39 is 63.3 Å². The molecule has 0 N–H and O–H groups in total. The first-order chi connectivity index (χ1) is 35.9. The summed E-state index contributed by atoms with van der Waals surface area (Å²) in [6.45, 7) is 6.01. The van der Waals surface area contributed by atoms with Crippen LogP contribution < -0.4 is 0 Å². The number of nitrogens with zero attached hydrogens (tertiary/aromatic N) is 4. The van der Waals surface area contributed by atoms with Gasteiger partial charge in [-0.05, 0) is 73.2 Å². The van der Waals surface area contributed by atoms with Gasteiger partial charge in [-0.3, -0.25) is 0 Å². The number of allylic oxidation sites excluding steroid dienone is 1. The summed E-state index contributed by atoms with van der Waals surface area (Å²) in [5.74, 6) is -11.3. The molecule has 0 aliphatic heterocycles. The van der Waals surface area contributed by atoms with Crippen LogP contribution in [-0.2, 0) is 6.18 Å². The van der Waals surface area contributed by atoms with Gasteiger partial charge in [0.05, 0.1) is 61.2 Å². The Morgan fingerprint density at radius 1 is 0.419 bits per heavy atom. The normalized spacial score (nSPS) is 12.4. The third-order valence-corrected chi connectivity index (χ3v) is 14.2. The minimum Gasteiger partial charge on any atom is -0.307 e. The van der Waals surface area contributed by atoms with Gasteiger partial charge < -0.3 is 18.3 Å². The highest BCUT2D eigenvalue weighted by molar-refractivity contribution is 6.24. The number of hydrogen-bond donors (Lipinski definition) is 0. The minimum atomic E-state index is -5.27. The van der Waals surface area contributed by atoms with E-state index in [1.165, 1.54) is 9.13 Å². The molecule has 4 aromatic heterocycles. The Hall–Kier alpha value is -9.16. The predicted octanol–water partition coefficient (Wildman–Crippen LogP) is 18.0. The molecule has 360 valence electrons. The second kappa shape index (κ2) is 16.4. The lowest BCUT2D eigenvalue weighted by molar-refractivity contribution is -0.137. The molecule has 0 aliphatic rings. The first kappa shape index (κ1) is 44.8. The lowest BCUT2D eigenvalue weighted by Gasteiger charge is -2.24. The molecule has 0 atom stereocenters. The van der Waals surface area contributed by atoms with E-state index in [4.69, 9.17) is 0 Å². The Morgan fingerprint density at radius 3 is 1.24 bits per heavy atom. The molecule has 13 aromatic rings. The highest BCUT2D eigenvalue weighted by Gasteiger charge is 2.41. The molecule has 0 spiro atoms. The van der Waals surface area contributed by atoms with Crippen LogP contribution in [0.15, 0.2) is 183 Å². The van der Waals surface area contributed by atoms with Crippen LogP contribution >= 0.6 is 0 Å². The quantitative estimate of drug-likeness (QED) is 0.0861.